The van der Waals surface area contributed by atoms with Gasteiger partial charge in [-0.1, -0.05) is 20.8 Å². The normalized spacial score (nSPS) is 12.7. The number of aliphatic hydroxyl groups is 1. The molecule has 0 radical (unpaired) electrons. The minimum atomic E-state index is -0.860. The summed E-state index contributed by atoms with van der Waals surface area (Å²) in [5.41, 5.74) is -0.304. The van der Waals surface area contributed by atoms with Crippen LogP contribution in [-0.2, 0) is 0 Å². The molecule has 2 N–H and O–H groups in total. The molecule has 0 aliphatic rings. The van der Waals surface area contributed by atoms with Gasteiger partial charge in [0, 0.05) is 5.41 Å². The zero-order valence-electron chi connectivity index (χ0n) is 13.1. The van der Waals surface area contributed by atoms with Crippen LogP contribution in [0.5, 0.6) is 23.0 Å². The third-order valence-corrected chi connectivity index (χ3v) is 3.72. The second-order valence-corrected chi connectivity index (χ2v) is 5.88. The second kappa shape index (κ2) is 6.71. The fourth-order valence-electron chi connectivity index (χ4n) is 1.70. The van der Waals surface area contributed by atoms with E-state index in [1.165, 1.54) is 0 Å². The molecule has 0 aromatic heterocycles. The summed E-state index contributed by atoms with van der Waals surface area (Å²) >= 11 is 0. The highest BCUT2D eigenvalue weighted by Gasteiger charge is 2.27. The SMILES string of the molecule is CCC(C)(C)C(O)Oc1ccc(Oc2ccc(O)cc2)cc1. The van der Waals surface area contributed by atoms with Crippen LogP contribution in [0.2, 0.25) is 0 Å². The molecule has 2 aromatic rings. The average Bonchev–Trinajstić information content (AvgIpc) is 2.51. The molecule has 1 unspecified atom stereocenters. The molecule has 1 atom stereocenters. The first-order valence-electron chi connectivity index (χ1n) is 7.32. The smallest absolute Gasteiger partial charge is 0.202 e. The van der Waals surface area contributed by atoms with Crippen molar-refractivity contribution in [2.45, 2.75) is 33.5 Å². The van der Waals surface area contributed by atoms with E-state index in [2.05, 4.69) is 0 Å². The molecule has 0 amide bonds. The van der Waals surface area contributed by atoms with Gasteiger partial charge in [-0.05, 0) is 55.0 Å². The van der Waals surface area contributed by atoms with Crippen LogP contribution in [0.3, 0.4) is 0 Å². The number of aliphatic hydroxyl groups excluding tert-OH is 1. The van der Waals surface area contributed by atoms with E-state index in [1.807, 2.05) is 20.8 Å². The van der Waals surface area contributed by atoms with E-state index >= 15 is 0 Å². The fourth-order valence-corrected chi connectivity index (χ4v) is 1.70. The van der Waals surface area contributed by atoms with Crippen molar-refractivity contribution in [3.63, 3.8) is 0 Å². The van der Waals surface area contributed by atoms with Crippen molar-refractivity contribution in [2.24, 2.45) is 5.41 Å². The van der Waals surface area contributed by atoms with Gasteiger partial charge in [-0.25, -0.2) is 0 Å². The highest BCUT2D eigenvalue weighted by atomic mass is 16.6. The van der Waals surface area contributed by atoms with Crippen LogP contribution in [0.15, 0.2) is 48.5 Å². The summed E-state index contributed by atoms with van der Waals surface area (Å²) in [6.07, 6.45) is -0.0442. The largest absolute Gasteiger partial charge is 0.508 e. The topological polar surface area (TPSA) is 58.9 Å². The van der Waals surface area contributed by atoms with E-state index in [0.717, 1.165) is 6.42 Å². The maximum atomic E-state index is 10.1. The number of rotatable bonds is 6. The van der Waals surface area contributed by atoms with Gasteiger partial charge in [0.25, 0.3) is 0 Å². The Hall–Kier alpha value is -2.20. The first-order valence-corrected chi connectivity index (χ1v) is 7.32. The molecule has 0 heterocycles. The summed E-state index contributed by atoms with van der Waals surface area (Å²) in [6, 6.07) is 13.6. The Balaban J connectivity index is 2.00. The molecule has 22 heavy (non-hydrogen) atoms. The summed E-state index contributed by atoms with van der Waals surface area (Å²) < 4.78 is 11.2. The maximum absolute atomic E-state index is 10.1. The van der Waals surface area contributed by atoms with E-state index in [9.17, 15) is 10.2 Å². The highest BCUT2D eigenvalue weighted by molar-refractivity contribution is 5.37. The first-order chi connectivity index (χ1) is 10.4. The number of phenols is 1. The lowest BCUT2D eigenvalue weighted by molar-refractivity contribution is -0.102. The molecule has 0 spiro atoms. The van der Waals surface area contributed by atoms with Gasteiger partial charge in [-0.15, -0.1) is 0 Å². The Morgan fingerprint density at radius 1 is 0.909 bits per heavy atom. The summed E-state index contributed by atoms with van der Waals surface area (Å²) in [7, 11) is 0. The summed E-state index contributed by atoms with van der Waals surface area (Å²) in [5, 5.41) is 19.3. The molecule has 0 fully saturated rings. The molecular weight excluding hydrogens is 280 g/mol. The lowest BCUT2D eigenvalue weighted by atomic mass is 9.89. The molecule has 2 aromatic carbocycles. The van der Waals surface area contributed by atoms with Crippen LogP contribution in [-0.4, -0.2) is 16.5 Å². The monoisotopic (exact) mass is 302 g/mol. The van der Waals surface area contributed by atoms with Crippen molar-refractivity contribution in [2.75, 3.05) is 0 Å². The van der Waals surface area contributed by atoms with Crippen LogP contribution in [0.25, 0.3) is 0 Å². The fraction of sp³-hybridized carbons (Fsp3) is 0.333. The number of hydrogen-bond donors (Lipinski definition) is 2. The molecule has 0 saturated carbocycles. The van der Waals surface area contributed by atoms with Crippen molar-refractivity contribution >= 4 is 0 Å². The van der Waals surface area contributed by atoms with E-state index in [4.69, 9.17) is 9.47 Å². The Morgan fingerprint density at radius 2 is 1.36 bits per heavy atom. The van der Waals surface area contributed by atoms with E-state index in [0.29, 0.717) is 17.2 Å². The van der Waals surface area contributed by atoms with Gasteiger partial charge in [-0.3, -0.25) is 0 Å². The Kier molecular flexibility index (Phi) is 4.93. The van der Waals surface area contributed by atoms with Crippen LogP contribution in [0.1, 0.15) is 27.2 Å². The zero-order valence-corrected chi connectivity index (χ0v) is 13.1. The average molecular weight is 302 g/mol. The molecule has 2 rings (SSSR count). The molecule has 4 nitrogen and oxygen atoms in total. The van der Waals surface area contributed by atoms with Gasteiger partial charge < -0.3 is 19.7 Å². The third kappa shape index (κ3) is 4.15. The van der Waals surface area contributed by atoms with Gasteiger partial charge in [0.05, 0.1) is 0 Å². The van der Waals surface area contributed by atoms with Crippen molar-refractivity contribution in [1.82, 2.24) is 0 Å². The standard InChI is InChI=1S/C18H22O4/c1-4-18(2,3)17(20)22-16-11-9-15(10-12-16)21-14-7-5-13(19)6-8-14/h5-12,17,19-20H,4H2,1-3H3. The molecule has 0 bridgehead atoms. The van der Waals surface area contributed by atoms with Gasteiger partial charge in [0.1, 0.15) is 23.0 Å². The first kappa shape index (κ1) is 16.2. The lowest BCUT2D eigenvalue weighted by Crippen LogP contribution is -2.33. The highest BCUT2D eigenvalue weighted by Crippen LogP contribution is 2.29. The summed E-state index contributed by atoms with van der Waals surface area (Å²) in [4.78, 5) is 0. The van der Waals surface area contributed by atoms with Crippen molar-refractivity contribution in [3.05, 3.63) is 48.5 Å². The number of hydrogen-bond acceptors (Lipinski definition) is 4. The van der Waals surface area contributed by atoms with Crippen molar-refractivity contribution < 1.29 is 19.7 Å². The second-order valence-electron chi connectivity index (χ2n) is 5.88. The van der Waals surface area contributed by atoms with Crippen LogP contribution < -0.4 is 9.47 Å². The predicted molar refractivity (Wildman–Crippen MR) is 85.3 cm³/mol. The Bertz CT molecular complexity index is 587. The van der Waals surface area contributed by atoms with Crippen LogP contribution >= 0.6 is 0 Å². The van der Waals surface area contributed by atoms with Crippen LogP contribution in [0.4, 0.5) is 0 Å². The Morgan fingerprint density at radius 3 is 1.86 bits per heavy atom. The number of phenolic OH excluding ortho intramolecular Hbond substituents is 1. The minimum Gasteiger partial charge on any atom is -0.508 e. The Labute approximate surface area is 130 Å². The summed E-state index contributed by atoms with van der Waals surface area (Å²) in [6.45, 7) is 5.93. The van der Waals surface area contributed by atoms with Gasteiger partial charge in [-0.2, -0.15) is 0 Å². The quantitative estimate of drug-likeness (QED) is 0.780. The summed E-state index contributed by atoms with van der Waals surface area (Å²) in [5.74, 6) is 2.08. The molecular formula is C18H22O4. The van der Waals surface area contributed by atoms with Crippen LogP contribution in [0, 0.1) is 5.41 Å². The van der Waals surface area contributed by atoms with E-state index in [1.54, 1.807) is 48.5 Å². The van der Waals surface area contributed by atoms with E-state index in [-0.39, 0.29) is 11.2 Å². The maximum Gasteiger partial charge on any atom is 0.202 e. The number of benzene rings is 2. The van der Waals surface area contributed by atoms with Gasteiger partial charge >= 0.3 is 0 Å². The van der Waals surface area contributed by atoms with E-state index < -0.39 is 6.29 Å². The van der Waals surface area contributed by atoms with Crippen molar-refractivity contribution in [1.29, 1.82) is 0 Å². The number of aromatic hydroxyl groups is 1. The molecule has 0 aliphatic heterocycles. The molecule has 118 valence electrons. The molecule has 0 aliphatic carbocycles. The number of ether oxygens (including phenoxy) is 2. The predicted octanol–water partition coefficient (Wildman–Crippen LogP) is 4.32. The lowest BCUT2D eigenvalue weighted by Gasteiger charge is -2.29. The minimum absolute atomic E-state index is 0.198. The van der Waals surface area contributed by atoms with Gasteiger partial charge in [0.2, 0.25) is 6.29 Å². The zero-order chi connectivity index (χ0) is 16.2. The molecule has 4 heteroatoms. The third-order valence-electron chi connectivity index (χ3n) is 3.72. The molecule has 0 saturated heterocycles. The van der Waals surface area contributed by atoms with Crippen molar-refractivity contribution in [3.8, 4) is 23.0 Å². The van der Waals surface area contributed by atoms with Gasteiger partial charge in [0.15, 0.2) is 0 Å².